The summed E-state index contributed by atoms with van der Waals surface area (Å²) in [5.41, 5.74) is 3.63. The molecule has 2 aliphatic rings. The van der Waals surface area contributed by atoms with Crippen LogP contribution < -0.4 is 0 Å². The van der Waals surface area contributed by atoms with Gasteiger partial charge in [-0.25, -0.2) is 4.98 Å². The highest BCUT2D eigenvalue weighted by molar-refractivity contribution is 5.69. The maximum Gasteiger partial charge on any atom is 0.0956 e. The molecule has 3 atom stereocenters. The molecule has 1 saturated heterocycles. The third-order valence-corrected chi connectivity index (χ3v) is 4.29. The van der Waals surface area contributed by atoms with Gasteiger partial charge in [-0.1, -0.05) is 24.3 Å². The Labute approximate surface area is 111 Å². The minimum absolute atomic E-state index is 0.102. The third kappa shape index (κ3) is 1.57. The van der Waals surface area contributed by atoms with Crippen molar-refractivity contribution < 1.29 is 9.84 Å². The van der Waals surface area contributed by atoms with Gasteiger partial charge in [-0.2, -0.15) is 0 Å². The molecule has 19 heavy (non-hydrogen) atoms. The highest BCUT2D eigenvalue weighted by Gasteiger charge is 2.39. The predicted octanol–water partition coefficient (Wildman–Crippen LogP) is 1.85. The van der Waals surface area contributed by atoms with Crippen LogP contribution in [0.3, 0.4) is 0 Å². The molecule has 4 rings (SSSR count). The Bertz CT molecular complexity index is 608. The molecular weight excluding hydrogens is 240 g/mol. The summed E-state index contributed by atoms with van der Waals surface area (Å²) >= 11 is 0. The molecule has 0 bridgehead atoms. The smallest absolute Gasteiger partial charge is 0.0956 e. The van der Waals surface area contributed by atoms with Crippen molar-refractivity contribution in [1.29, 1.82) is 0 Å². The molecule has 1 aromatic heterocycles. The first kappa shape index (κ1) is 11.2. The Morgan fingerprint density at radius 1 is 1.32 bits per heavy atom. The van der Waals surface area contributed by atoms with Gasteiger partial charge in [0.15, 0.2) is 0 Å². The molecule has 0 aliphatic carbocycles. The fourth-order valence-corrected chi connectivity index (χ4v) is 3.36. The van der Waals surface area contributed by atoms with Gasteiger partial charge in [-0.15, -0.1) is 0 Å². The van der Waals surface area contributed by atoms with Crippen LogP contribution in [0.15, 0.2) is 36.8 Å². The molecule has 0 radical (unpaired) electrons. The standard InChI is InChI=1S/C15H16N2O2/c18-14-5-6-19-8-12(14)15-11-4-2-1-3-10(11)13-7-16-9-17(13)15/h1-4,7,9,12,14-15,18H,5-6,8H2/t12-,14-,15?/m1/s1. The lowest BCUT2D eigenvalue weighted by atomic mass is 9.86. The van der Waals surface area contributed by atoms with Crippen LogP contribution in [0.4, 0.5) is 0 Å². The van der Waals surface area contributed by atoms with E-state index in [4.69, 9.17) is 4.74 Å². The molecule has 98 valence electrons. The Balaban J connectivity index is 1.84. The van der Waals surface area contributed by atoms with Crippen LogP contribution >= 0.6 is 0 Å². The number of rotatable bonds is 1. The minimum atomic E-state index is -0.305. The Kier molecular flexibility index (Phi) is 2.47. The van der Waals surface area contributed by atoms with E-state index < -0.39 is 0 Å². The molecule has 0 amide bonds. The fraction of sp³-hybridized carbons (Fsp3) is 0.400. The molecule has 2 aliphatic heterocycles. The van der Waals surface area contributed by atoms with Crippen molar-refractivity contribution in [2.45, 2.75) is 18.6 Å². The van der Waals surface area contributed by atoms with Gasteiger partial charge in [0.2, 0.25) is 0 Å². The molecular formula is C15H16N2O2. The van der Waals surface area contributed by atoms with E-state index in [0.29, 0.717) is 19.6 Å². The minimum Gasteiger partial charge on any atom is -0.393 e. The summed E-state index contributed by atoms with van der Waals surface area (Å²) < 4.78 is 7.75. The maximum absolute atomic E-state index is 10.3. The number of ether oxygens (including phenoxy) is 1. The van der Waals surface area contributed by atoms with E-state index in [9.17, 15) is 5.11 Å². The second-order valence-electron chi connectivity index (χ2n) is 5.31. The topological polar surface area (TPSA) is 47.3 Å². The van der Waals surface area contributed by atoms with Crippen LogP contribution in [0.25, 0.3) is 11.3 Å². The van der Waals surface area contributed by atoms with Gasteiger partial charge in [0.05, 0.1) is 37.0 Å². The number of hydrogen-bond acceptors (Lipinski definition) is 3. The van der Waals surface area contributed by atoms with Crippen LogP contribution in [0.1, 0.15) is 18.0 Å². The van der Waals surface area contributed by atoms with E-state index in [1.807, 2.05) is 18.6 Å². The summed E-state index contributed by atoms with van der Waals surface area (Å²) in [6.07, 6.45) is 4.17. The van der Waals surface area contributed by atoms with Gasteiger partial charge in [-0.05, 0) is 12.0 Å². The van der Waals surface area contributed by atoms with Crippen LogP contribution in [-0.2, 0) is 4.74 Å². The van der Waals surface area contributed by atoms with E-state index in [1.54, 1.807) is 0 Å². The SMILES string of the molecule is O[C@@H]1CCOC[C@H]1C1c2ccccc2-c2cncn21. The number of imidazole rings is 1. The van der Waals surface area contributed by atoms with Crippen molar-refractivity contribution in [1.82, 2.24) is 9.55 Å². The van der Waals surface area contributed by atoms with E-state index in [2.05, 4.69) is 27.8 Å². The summed E-state index contributed by atoms with van der Waals surface area (Å²) in [6, 6.07) is 8.52. The van der Waals surface area contributed by atoms with Crippen LogP contribution in [-0.4, -0.2) is 34.0 Å². The van der Waals surface area contributed by atoms with Crippen molar-refractivity contribution in [3.8, 4) is 11.3 Å². The average molecular weight is 256 g/mol. The van der Waals surface area contributed by atoms with Gasteiger partial charge < -0.3 is 14.4 Å². The first-order valence-electron chi connectivity index (χ1n) is 6.73. The number of aromatic nitrogens is 2. The fourth-order valence-electron chi connectivity index (χ4n) is 3.36. The first-order chi connectivity index (χ1) is 9.36. The Morgan fingerprint density at radius 2 is 2.21 bits per heavy atom. The zero-order valence-corrected chi connectivity index (χ0v) is 10.6. The normalized spacial score (nSPS) is 29.0. The second-order valence-corrected chi connectivity index (χ2v) is 5.31. The zero-order chi connectivity index (χ0) is 12.8. The number of fused-ring (bicyclic) bond motifs is 3. The summed E-state index contributed by atoms with van der Waals surface area (Å²) in [6.45, 7) is 1.26. The predicted molar refractivity (Wildman–Crippen MR) is 70.7 cm³/mol. The molecule has 3 heterocycles. The summed E-state index contributed by atoms with van der Waals surface area (Å²) in [5.74, 6) is 0.102. The third-order valence-electron chi connectivity index (χ3n) is 4.29. The molecule has 2 aromatic rings. The molecule has 1 fully saturated rings. The van der Waals surface area contributed by atoms with Crippen molar-refractivity contribution >= 4 is 0 Å². The lowest BCUT2D eigenvalue weighted by Crippen LogP contribution is -2.37. The molecule has 1 aromatic carbocycles. The monoisotopic (exact) mass is 256 g/mol. The van der Waals surface area contributed by atoms with E-state index in [-0.39, 0.29) is 18.1 Å². The van der Waals surface area contributed by atoms with E-state index >= 15 is 0 Å². The summed E-state index contributed by atoms with van der Waals surface area (Å²) in [7, 11) is 0. The van der Waals surface area contributed by atoms with Crippen LogP contribution in [0.5, 0.6) is 0 Å². The van der Waals surface area contributed by atoms with Crippen molar-refractivity contribution in [3.63, 3.8) is 0 Å². The van der Waals surface area contributed by atoms with E-state index in [0.717, 1.165) is 5.69 Å². The quantitative estimate of drug-likeness (QED) is 0.847. The molecule has 4 nitrogen and oxygen atoms in total. The highest BCUT2D eigenvalue weighted by Crippen LogP contribution is 2.44. The average Bonchev–Trinajstić information content (AvgIpc) is 3.00. The number of hydrogen-bond donors (Lipinski definition) is 1. The first-order valence-corrected chi connectivity index (χ1v) is 6.73. The van der Waals surface area contributed by atoms with Gasteiger partial charge in [0.1, 0.15) is 0 Å². The van der Waals surface area contributed by atoms with Gasteiger partial charge in [0.25, 0.3) is 0 Å². The van der Waals surface area contributed by atoms with Crippen LogP contribution in [0.2, 0.25) is 0 Å². The van der Waals surface area contributed by atoms with Crippen molar-refractivity contribution in [2.75, 3.05) is 13.2 Å². The Hall–Kier alpha value is -1.65. The van der Waals surface area contributed by atoms with E-state index in [1.165, 1.54) is 11.1 Å². The van der Waals surface area contributed by atoms with Crippen LogP contribution in [0, 0.1) is 5.92 Å². The van der Waals surface area contributed by atoms with Gasteiger partial charge >= 0.3 is 0 Å². The molecule has 0 saturated carbocycles. The number of nitrogens with zero attached hydrogens (tertiary/aromatic N) is 2. The maximum atomic E-state index is 10.3. The summed E-state index contributed by atoms with van der Waals surface area (Å²) in [5, 5.41) is 10.3. The van der Waals surface area contributed by atoms with Crippen molar-refractivity contribution in [3.05, 3.63) is 42.4 Å². The molecule has 0 spiro atoms. The number of aliphatic hydroxyl groups is 1. The molecule has 1 unspecified atom stereocenters. The second kappa shape index (κ2) is 4.18. The molecule has 1 N–H and O–H groups in total. The summed E-state index contributed by atoms with van der Waals surface area (Å²) in [4.78, 5) is 4.25. The lowest BCUT2D eigenvalue weighted by Gasteiger charge is -2.33. The van der Waals surface area contributed by atoms with Gasteiger partial charge in [-0.3, -0.25) is 0 Å². The Morgan fingerprint density at radius 3 is 3.11 bits per heavy atom. The molecule has 4 heteroatoms. The van der Waals surface area contributed by atoms with Gasteiger partial charge in [0, 0.05) is 18.1 Å². The number of benzene rings is 1. The number of aliphatic hydroxyl groups excluding tert-OH is 1. The lowest BCUT2D eigenvalue weighted by molar-refractivity contribution is -0.0481. The zero-order valence-electron chi connectivity index (χ0n) is 10.6. The largest absolute Gasteiger partial charge is 0.393 e. The highest BCUT2D eigenvalue weighted by atomic mass is 16.5. The van der Waals surface area contributed by atoms with Crippen molar-refractivity contribution in [2.24, 2.45) is 5.92 Å².